The topological polar surface area (TPSA) is 118 Å². The van der Waals surface area contributed by atoms with Crippen LogP contribution in [0.3, 0.4) is 0 Å². The maximum absolute atomic E-state index is 11.1. The molecule has 0 saturated heterocycles. The van der Waals surface area contributed by atoms with Crippen molar-refractivity contribution >= 4 is 21.7 Å². The maximum Gasteiger partial charge on any atom is 0.164 e. The van der Waals surface area contributed by atoms with E-state index in [0.29, 0.717) is 5.33 Å². The van der Waals surface area contributed by atoms with Gasteiger partial charge in [-0.25, -0.2) is 0 Å². The fourth-order valence-electron chi connectivity index (χ4n) is 0.954. The second-order valence-corrected chi connectivity index (χ2v) is 3.87. The Bertz CT molecular complexity index is 200. The highest BCUT2D eigenvalue weighted by Gasteiger charge is 2.33. The zero-order valence-corrected chi connectivity index (χ0v) is 9.54. The second-order valence-electron chi connectivity index (χ2n) is 3.08. The monoisotopic (exact) mass is 286 g/mol. The molecule has 0 bridgehead atoms. The first kappa shape index (κ1) is 14.9. The Morgan fingerprint density at radius 2 is 1.67 bits per heavy atom. The Morgan fingerprint density at radius 1 is 1.13 bits per heavy atom. The summed E-state index contributed by atoms with van der Waals surface area (Å²) < 4.78 is 0. The van der Waals surface area contributed by atoms with E-state index in [1.165, 1.54) is 0 Å². The fourth-order valence-corrected chi connectivity index (χ4v) is 1.34. The van der Waals surface area contributed by atoms with Gasteiger partial charge in [-0.1, -0.05) is 15.9 Å². The number of aliphatic hydroxyl groups excluding tert-OH is 5. The number of ketones is 1. The van der Waals surface area contributed by atoms with E-state index in [-0.39, 0.29) is 6.42 Å². The zero-order chi connectivity index (χ0) is 12.0. The molecule has 0 aliphatic heterocycles. The first-order chi connectivity index (χ1) is 6.95. The minimum atomic E-state index is -1.81. The summed E-state index contributed by atoms with van der Waals surface area (Å²) in [6, 6.07) is 0. The van der Waals surface area contributed by atoms with Crippen LogP contribution >= 0.6 is 15.9 Å². The number of aliphatic hydroxyl groups is 5. The van der Waals surface area contributed by atoms with E-state index in [2.05, 4.69) is 15.9 Å². The molecule has 0 saturated carbocycles. The van der Waals surface area contributed by atoms with Crippen LogP contribution in [0.1, 0.15) is 6.42 Å². The molecule has 0 aliphatic carbocycles. The molecule has 0 aromatic rings. The van der Waals surface area contributed by atoms with Crippen molar-refractivity contribution < 1.29 is 30.3 Å². The maximum atomic E-state index is 11.1. The minimum absolute atomic E-state index is 0.000166. The van der Waals surface area contributed by atoms with Crippen molar-refractivity contribution in [2.24, 2.45) is 0 Å². The van der Waals surface area contributed by atoms with Crippen LogP contribution in [-0.4, -0.2) is 67.7 Å². The van der Waals surface area contributed by atoms with Crippen LogP contribution in [0.2, 0.25) is 0 Å². The van der Waals surface area contributed by atoms with Gasteiger partial charge in [-0.2, -0.15) is 0 Å². The Kier molecular flexibility index (Phi) is 7.24. The lowest BCUT2D eigenvalue weighted by Gasteiger charge is -2.24. The molecule has 15 heavy (non-hydrogen) atoms. The molecular weight excluding hydrogens is 272 g/mol. The Labute approximate surface area is 95.3 Å². The molecule has 0 heterocycles. The molecule has 0 amide bonds. The SMILES string of the molecule is O=C(CCBr)[C@@H](O)[C@@H](O)[C@H](O)[C@H](O)CO. The van der Waals surface area contributed by atoms with Gasteiger partial charge in [0.2, 0.25) is 0 Å². The number of alkyl halides is 1. The van der Waals surface area contributed by atoms with E-state index >= 15 is 0 Å². The van der Waals surface area contributed by atoms with Gasteiger partial charge in [-0.15, -0.1) is 0 Å². The molecule has 0 aromatic heterocycles. The van der Waals surface area contributed by atoms with Crippen molar-refractivity contribution in [3.8, 4) is 0 Å². The van der Waals surface area contributed by atoms with E-state index in [0.717, 1.165) is 0 Å². The van der Waals surface area contributed by atoms with Gasteiger partial charge in [0.05, 0.1) is 6.61 Å². The highest BCUT2D eigenvalue weighted by molar-refractivity contribution is 9.09. The molecule has 0 radical (unpaired) electrons. The van der Waals surface area contributed by atoms with E-state index in [9.17, 15) is 20.1 Å². The summed E-state index contributed by atoms with van der Waals surface area (Å²) in [5.74, 6) is -0.649. The largest absolute Gasteiger partial charge is 0.394 e. The average Bonchev–Trinajstić information content (AvgIpc) is 2.25. The van der Waals surface area contributed by atoms with Crippen LogP contribution in [0, 0.1) is 0 Å². The van der Waals surface area contributed by atoms with Crippen LogP contribution in [0.5, 0.6) is 0 Å². The average molecular weight is 287 g/mol. The molecule has 0 aromatic carbocycles. The number of Topliss-reactive ketones (excluding diaryl/α,β-unsaturated/α-hetero) is 1. The lowest BCUT2D eigenvalue weighted by Crippen LogP contribution is -2.48. The number of carbonyl (C=O) groups excluding carboxylic acids is 1. The van der Waals surface area contributed by atoms with Crippen molar-refractivity contribution in [1.29, 1.82) is 0 Å². The zero-order valence-electron chi connectivity index (χ0n) is 7.95. The summed E-state index contributed by atoms with van der Waals surface area (Å²) in [7, 11) is 0. The third-order valence-corrected chi connectivity index (χ3v) is 2.32. The molecule has 6 nitrogen and oxygen atoms in total. The quantitative estimate of drug-likeness (QED) is 0.338. The molecule has 0 aliphatic rings. The first-order valence-corrected chi connectivity index (χ1v) is 5.49. The summed E-state index contributed by atoms with van der Waals surface area (Å²) in [6.07, 6.45) is -6.92. The van der Waals surface area contributed by atoms with Gasteiger partial charge in [-0.05, 0) is 0 Å². The molecular formula is C8H15BrO6. The summed E-state index contributed by atoms with van der Waals surface area (Å²) in [5.41, 5.74) is 0. The third-order valence-electron chi connectivity index (χ3n) is 1.93. The summed E-state index contributed by atoms with van der Waals surface area (Å²) in [5, 5.41) is 45.5. The van der Waals surface area contributed by atoms with Crippen LogP contribution in [0.4, 0.5) is 0 Å². The Hall–Kier alpha value is -0.0500. The molecule has 0 rings (SSSR count). The second kappa shape index (κ2) is 7.26. The summed E-state index contributed by atoms with van der Waals surface area (Å²) >= 11 is 2.98. The molecule has 0 spiro atoms. The number of rotatable bonds is 7. The van der Waals surface area contributed by atoms with Crippen LogP contribution in [0.15, 0.2) is 0 Å². The van der Waals surface area contributed by atoms with Crippen LogP contribution < -0.4 is 0 Å². The van der Waals surface area contributed by atoms with Crippen LogP contribution in [-0.2, 0) is 4.79 Å². The van der Waals surface area contributed by atoms with Crippen molar-refractivity contribution in [3.05, 3.63) is 0 Å². The molecule has 4 atom stereocenters. The van der Waals surface area contributed by atoms with Crippen molar-refractivity contribution in [1.82, 2.24) is 0 Å². The molecule has 0 fully saturated rings. The van der Waals surface area contributed by atoms with Gasteiger partial charge >= 0.3 is 0 Å². The number of carbonyl (C=O) groups is 1. The number of hydrogen-bond acceptors (Lipinski definition) is 6. The third kappa shape index (κ3) is 4.54. The van der Waals surface area contributed by atoms with Crippen molar-refractivity contribution in [3.63, 3.8) is 0 Å². The number of hydrogen-bond donors (Lipinski definition) is 5. The predicted octanol–water partition coefficient (Wildman–Crippen LogP) is -2.22. The predicted molar refractivity (Wildman–Crippen MR) is 54.5 cm³/mol. The fraction of sp³-hybridized carbons (Fsp3) is 0.875. The lowest BCUT2D eigenvalue weighted by atomic mass is 9.99. The smallest absolute Gasteiger partial charge is 0.164 e. The first-order valence-electron chi connectivity index (χ1n) is 4.37. The van der Waals surface area contributed by atoms with Crippen molar-refractivity contribution in [2.45, 2.75) is 30.8 Å². The minimum Gasteiger partial charge on any atom is -0.394 e. The van der Waals surface area contributed by atoms with Gasteiger partial charge in [0, 0.05) is 11.8 Å². The molecule has 7 heteroatoms. The van der Waals surface area contributed by atoms with Gasteiger partial charge in [0.1, 0.15) is 24.4 Å². The van der Waals surface area contributed by atoms with Crippen LogP contribution in [0.25, 0.3) is 0 Å². The highest BCUT2D eigenvalue weighted by atomic mass is 79.9. The van der Waals surface area contributed by atoms with Crippen molar-refractivity contribution in [2.75, 3.05) is 11.9 Å². The van der Waals surface area contributed by atoms with E-state index in [4.69, 9.17) is 10.2 Å². The lowest BCUT2D eigenvalue weighted by molar-refractivity contribution is -0.146. The van der Waals surface area contributed by atoms with Gasteiger partial charge in [-0.3, -0.25) is 4.79 Å². The van der Waals surface area contributed by atoms with Gasteiger partial charge in [0.15, 0.2) is 5.78 Å². The van der Waals surface area contributed by atoms with E-state index < -0.39 is 36.8 Å². The standard InChI is InChI=1S/C8H15BrO6/c9-2-1-4(11)6(13)8(15)7(14)5(12)3-10/h5-8,10,12-15H,1-3H2/t5-,6-,7-,8-/m1/s1. The Morgan fingerprint density at radius 3 is 2.07 bits per heavy atom. The van der Waals surface area contributed by atoms with E-state index in [1.807, 2.05) is 0 Å². The highest BCUT2D eigenvalue weighted by Crippen LogP contribution is 2.08. The normalized spacial score (nSPS) is 19.3. The van der Waals surface area contributed by atoms with E-state index in [1.54, 1.807) is 0 Å². The molecule has 0 unspecified atom stereocenters. The van der Waals surface area contributed by atoms with Gasteiger partial charge in [0.25, 0.3) is 0 Å². The molecule has 5 N–H and O–H groups in total. The summed E-state index contributed by atoms with van der Waals surface area (Å²) in [6.45, 7) is -0.766. The number of halogens is 1. The Balaban J connectivity index is 4.29. The van der Waals surface area contributed by atoms with Gasteiger partial charge < -0.3 is 25.5 Å². The summed E-state index contributed by atoms with van der Waals surface area (Å²) in [4.78, 5) is 11.1. The molecule has 90 valence electrons.